The summed E-state index contributed by atoms with van der Waals surface area (Å²) in [7, 11) is 1.54. The van der Waals surface area contributed by atoms with Crippen molar-refractivity contribution in [3.05, 3.63) is 29.6 Å². The van der Waals surface area contributed by atoms with Gasteiger partial charge in [0, 0.05) is 6.54 Å². The van der Waals surface area contributed by atoms with Crippen molar-refractivity contribution in [1.82, 2.24) is 0 Å². The van der Waals surface area contributed by atoms with E-state index in [1.54, 1.807) is 6.07 Å². The first-order valence-corrected chi connectivity index (χ1v) is 4.51. The van der Waals surface area contributed by atoms with Crippen LogP contribution in [0.1, 0.15) is 5.56 Å². The van der Waals surface area contributed by atoms with E-state index < -0.39 is 0 Å². The molecule has 0 unspecified atom stereocenters. The normalized spacial score (nSPS) is 9.73. The van der Waals surface area contributed by atoms with Crippen LogP contribution < -0.4 is 16.2 Å². The number of rotatable bonds is 4. The fourth-order valence-electron chi connectivity index (χ4n) is 1.25. The summed E-state index contributed by atoms with van der Waals surface area (Å²) >= 11 is 0. The molecule has 1 aromatic rings. The topological polar surface area (TPSA) is 73.6 Å². The highest BCUT2D eigenvalue weighted by molar-refractivity contribution is 5.75. The quantitative estimate of drug-likeness (QED) is 0.567. The fraction of sp³-hybridized carbons (Fsp3) is 0.300. The van der Waals surface area contributed by atoms with Gasteiger partial charge >= 0.3 is 0 Å². The Kier molecular flexibility index (Phi) is 3.91. The van der Waals surface area contributed by atoms with E-state index in [4.69, 9.17) is 16.2 Å². The Morgan fingerprint density at radius 1 is 1.47 bits per heavy atom. The summed E-state index contributed by atoms with van der Waals surface area (Å²) in [4.78, 5) is 3.82. The molecule has 0 amide bonds. The third-order valence-electron chi connectivity index (χ3n) is 1.92. The summed E-state index contributed by atoms with van der Waals surface area (Å²) in [5, 5.41) is 0. The van der Waals surface area contributed by atoms with Crippen molar-refractivity contribution in [1.29, 1.82) is 0 Å². The molecule has 0 aromatic heterocycles. The van der Waals surface area contributed by atoms with Crippen molar-refractivity contribution in [2.24, 2.45) is 16.5 Å². The Morgan fingerprint density at radius 3 is 2.80 bits per heavy atom. The number of ether oxygens (including phenoxy) is 1. The van der Waals surface area contributed by atoms with Crippen LogP contribution in [0.25, 0.3) is 0 Å². The highest BCUT2D eigenvalue weighted by Crippen LogP contribution is 2.19. The molecule has 82 valence electrons. The van der Waals surface area contributed by atoms with Crippen molar-refractivity contribution < 1.29 is 9.13 Å². The maximum atomic E-state index is 12.9. The number of nitrogens with two attached hydrogens (primary N) is 2. The molecule has 0 saturated carbocycles. The van der Waals surface area contributed by atoms with Crippen LogP contribution in [0.4, 0.5) is 4.39 Å². The molecule has 0 heterocycles. The second-order valence-corrected chi connectivity index (χ2v) is 3.01. The Morgan fingerprint density at radius 2 is 2.20 bits per heavy atom. The molecule has 0 saturated heterocycles. The first kappa shape index (κ1) is 11.3. The van der Waals surface area contributed by atoms with Gasteiger partial charge in [0.1, 0.15) is 11.6 Å². The van der Waals surface area contributed by atoms with E-state index >= 15 is 0 Å². The molecule has 0 fully saturated rings. The van der Waals surface area contributed by atoms with E-state index in [2.05, 4.69) is 4.99 Å². The molecule has 15 heavy (non-hydrogen) atoms. The van der Waals surface area contributed by atoms with Crippen molar-refractivity contribution in [2.75, 3.05) is 13.7 Å². The molecule has 0 aliphatic rings. The van der Waals surface area contributed by atoms with Gasteiger partial charge in [0.2, 0.25) is 0 Å². The number of methoxy groups -OCH3 is 1. The molecule has 0 atom stereocenters. The standard InChI is InChI=1S/C10H14FN3O/c1-15-9-3-2-8(11)6-7(9)4-5-14-10(12)13/h2-3,6H,4-5H2,1H3,(H4,12,13,14). The summed E-state index contributed by atoms with van der Waals surface area (Å²) < 4.78 is 18.0. The molecule has 0 aliphatic heterocycles. The third kappa shape index (κ3) is 3.46. The van der Waals surface area contributed by atoms with Crippen LogP contribution in [0.5, 0.6) is 5.75 Å². The SMILES string of the molecule is COc1ccc(F)cc1CCN=C(N)N. The number of guanidine groups is 1. The van der Waals surface area contributed by atoms with Gasteiger partial charge in [-0.25, -0.2) is 4.39 Å². The second-order valence-electron chi connectivity index (χ2n) is 3.01. The van der Waals surface area contributed by atoms with E-state index in [0.717, 1.165) is 5.56 Å². The predicted molar refractivity (Wildman–Crippen MR) is 57.3 cm³/mol. The van der Waals surface area contributed by atoms with E-state index in [-0.39, 0.29) is 11.8 Å². The van der Waals surface area contributed by atoms with Gasteiger partial charge in [0.05, 0.1) is 7.11 Å². The summed E-state index contributed by atoms with van der Waals surface area (Å²) in [6.45, 7) is 0.419. The largest absolute Gasteiger partial charge is 0.496 e. The van der Waals surface area contributed by atoms with Crippen molar-refractivity contribution in [2.45, 2.75) is 6.42 Å². The Balaban J connectivity index is 2.74. The number of halogens is 1. The minimum absolute atomic E-state index is 0.0327. The molecule has 5 heteroatoms. The maximum absolute atomic E-state index is 12.9. The molecule has 1 aromatic carbocycles. The second kappa shape index (κ2) is 5.19. The van der Waals surface area contributed by atoms with Crippen molar-refractivity contribution in [3.63, 3.8) is 0 Å². The highest BCUT2D eigenvalue weighted by atomic mass is 19.1. The van der Waals surface area contributed by atoms with Crippen LogP contribution in [0.15, 0.2) is 23.2 Å². The molecule has 0 spiro atoms. The van der Waals surface area contributed by atoms with Gasteiger partial charge in [0.25, 0.3) is 0 Å². The van der Waals surface area contributed by atoms with Crippen LogP contribution >= 0.6 is 0 Å². The summed E-state index contributed by atoms with van der Waals surface area (Å²) in [5.41, 5.74) is 11.1. The molecular formula is C10H14FN3O. The van der Waals surface area contributed by atoms with Gasteiger partial charge in [-0.2, -0.15) is 0 Å². The fourth-order valence-corrected chi connectivity index (χ4v) is 1.25. The lowest BCUT2D eigenvalue weighted by Gasteiger charge is -2.06. The number of aliphatic imine (C=N–C) groups is 1. The van der Waals surface area contributed by atoms with Crippen molar-refractivity contribution >= 4 is 5.96 Å². The lowest BCUT2D eigenvalue weighted by molar-refractivity contribution is 0.408. The molecular weight excluding hydrogens is 197 g/mol. The molecule has 0 aliphatic carbocycles. The highest BCUT2D eigenvalue weighted by Gasteiger charge is 2.03. The lowest BCUT2D eigenvalue weighted by Crippen LogP contribution is -2.23. The number of benzene rings is 1. The van der Waals surface area contributed by atoms with Crippen LogP contribution in [0.2, 0.25) is 0 Å². The molecule has 0 bridgehead atoms. The molecule has 1 rings (SSSR count). The van der Waals surface area contributed by atoms with Crippen LogP contribution in [-0.2, 0) is 6.42 Å². The zero-order chi connectivity index (χ0) is 11.3. The number of hydrogen-bond acceptors (Lipinski definition) is 2. The summed E-state index contributed by atoms with van der Waals surface area (Å²) in [6.07, 6.45) is 0.541. The van der Waals surface area contributed by atoms with Gasteiger partial charge in [-0.1, -0.05) is 0 Å². The minimum Gasteiger partial charge on any atom is -0.496 e. The van der Waals surface area contributed by atoms with Crippen LogP contribution in [0.3, 0.4) is 0 Å². The molecule has 4 nitrogen and oxygen atoms in total. The average molecular weight is 211 g/mol. The van der Waals surface area contributed by atoms with Crippen LogP contribution in [0, 0.1) is 5.82 Å². The predicted octanol–water partition coefficient (Wildman–Crippen LogP) is 0.650. The zero-order valence-corrected chi connectivity index (χ0v) is 8.53. The average Bonchev–Trinajstić information content (AvgIpc) is 2.17. The molecule has 0 radical (unpaired) electrons. The monoisotopic (exact) mass is 211 g/mol. The minimum atomic E-state index is -0.296. The Hall–Kier alpha value is -1.78. The van der Waals surface area contributed by atoms with Gasteiger partial charge in [-0.15, -0.1) is 0 Å². The summed E-state index contributed by atoms with van der Waals surface area (Å²) in [5.74, 6) is 0.378. The van der Waals surface area contributed by atoms with E-state index in [1.165, 1.54) is 19.2 Å². The first-order valence-electron chi connectivity index (χ1n) is 4.51. The van der Waals surface area contributed by atoms with E-state index in [9.17, 15) is 4.39 Å². The van der Waals surface area contributed by atoms with Gasteiger partial charge in [0.15, 0.2) is 5.96 Å². The lowest BCUT2D eigenvalue weighted by atomic mass is 10.1. The third-order valence-corrected chi connectivity index (χ3v) is 1.92. The summed E-state index contributed by atoms with van der Waals surface area (Å²) in [6, 6.07) is 4.35. The van der Waals surface area contributed by atoms with Gasteiger partial charge < -0.3 is 16.2 Å². The Bertz CT molecular complexity index is 362. The first-order chi connectivity index (χ1) is 7.13. The van der Waals surface area contributed by atoms with Gasteiger partial charge in [-0.05, 0) is 30.2 Å². The number of hydrogen-bond donors (Lipinski definition) is 2. The Labute approximate surface area is 87.7 Å². The zero-order valence-electron chi connectivity index (χ0n) is 8.53. The van der Waals surface area contributed by atoms with Crippen LogP contribution in [-0.4, -0.2) is 19.6 Å². The smallest absolute Gasteiger partial charge is 0.185 e. The number of nitrogens with zero attached hydrogens (tertiary/aromatic N) is 1. The van der Waals surface area contributed by atoms with E-state index in [1.807, 2.05) is 0 Å². The van der Waals surface area contributed by atoms with Crippen molar-refractivity contribution in [3.8, 4) is 5.75 Å². The maximum Gasteiger partial charge on any atom is 0.185 e. The van der Waals surface area contributed by atoms with E-state index in [0.29, 0.717) is 18.7 Å². The molecule has 4 N–H and O–H groups in total. The van der Waals surface area contributed by atoms with Gasteiger partial charge in [-0.3, -0.25) is 4.99 Å².